The summed E-state index contributed by atoms with van der Waals surface area (Å²) in [7, 11) is 0. The molecule has 0 spiro atoms. The predicted octanol–water partition coefficient (Wildman–Crippen LogP) is 3.48. The average molecular weight is 629 g/mol. The molecular formula is C33H34N5O6S+. The van der Waals surface area contributed by atoms with Crippen LogP contribution >= 0.6 is 11.8 Å². The van der Waals surface area contributed by atoms with Crippen LogP contribution in [0.25, 0.3) is 23.0 Å². The zero-order valence-electron chi connectivity index (χ0n) is 24.9. The minimum Gasteiger partial charge on any atom is -0.480 e. The smallest absolute Gasteiger partial charge is 0.372 e. The molecule has 12 heteroatoms. The van der Waals surface area contributed by atoms with Gasteiger partial charge in [-0.3, -0.25) is 9.59 Å². The number of nitrogens with zero attached hydrogens (tertiary/aromatic N) is 3. The Morgan fingerprint density at radius 3 is 2.42 bits per heavy atom. The number of amides is 2. The SMILES string of the molecule is CCOC(=O)C[n+]1cccc(-c2nn(-c3ccccc3)cc2C=C(NC(=O)c2ccccc2)C(=O)NC(CCSC)C(=O)O)c1. The van der Waals surface area contributed by atoms with Gasteiger partial charge in [-0.05, 0) is 61.8 Å². The van der Waals surface area contributed by atoms with Crippen LogP contribution in [0.3, 0.4) is 0 Å². The largest absolute Gasteiger partial charge is 0.480 e. The van der Waals surface area contributed by atoms with Gasteiger partial charge in [0.1, 0.15) is 17.4 Å². The molecule has 232 valence electrons. The summed E-state index contributed by atoms with van der Waals surface area (Å²) in [5, 5.41) is 19.8. The lowest BCUT2D eigenvalue weighted by atomic mass is 10.1. The maximum atomic E-state index is 13.6. The van der Waals surface area contributed by atoms with Crippen molar-refractivity contribution in [3.05, 3.63) is 108 Å². The molecule has 45 heavy (non-hydrogen) atoms. The van der Waals surface area contributed by atoms with Crippen LogP contribution in [0.5, 0.6) is 0 Å². The molecular weight excluding hydrogens is 594 g/mol. The van der Waals surface area contributed by atoms with Crippen LogP contribution in [0.2, 0.25) is 0 Å². The summed E-state index contributed by atoms with van der Waals surface area (Å²) in [5.74, 6) is -2.38. The van der Waals surface area contributed by atoms with Crippen molar-refractivity contribution in [2.75, 3.05) is 18.6 Å². The molecule has 1 unspecified atom stereocenters. The van der Waals surface area contributed by atoms with Crippen LogP contribution < -0.4 is 15.2 Å². The number of thioether (sulfide) groups is 1. The van der Waals surface area contributed by atoms with Gasteiger partial charge >= 0.3 is 11.9 Å². The fraction of sp³-hybridized carbons (Fsp3) is 0.212. The van der Waals surface area contributed by atoms with E-state index in [1.165, 1.54) is 17.8 Å². The van der Waals surface area contributed by atoms with E-state index in [-0.39, 0.29) is 25.3 Å². The van der Waals surface area contributed by atoms with Gasteiger partial charge in [-0.2, -0.15) is 21.4 Å². The number of carbonyl (C=O) groups is 4. The summed E-state index contributed by atoms with van der Waals surface area (Å²) >= 11 is 1.46. The summed E-state index contributed by atoms with van der Waals surface area (Å²) < 4.78 is 8.38. The van der Waals surface area contributed by atoms with Crippen LogP contribution in [0.15, 0.2) is 97.1 Å². The third-order valence-electron chi connectivity index (χ3n) is 6.55. The summed E-state index contributed by atoms with van der Waals surface area (Å²) in [4.78, 5) is 50.9. The Hall–Kier alpha value is -5.23. The Bertz CT molecular complexity index is 1670. The lowest BCUT2D eigenvalue weighted by Gasteiger charge is -2.16. The van der Waals surface area contributed by atoms with E-state index in [2.05, 4.69) is 10.6 Å². The highest BCUT2D eigenvalue weighted by atomic mass is 32.2. The van der Waals surface area contributed by atoms with Crippen molar-refractivity contribution >= 4 is 41.6 Å². The molecule has 2 amide bonds. The molecule has 0 fully saturated rings. The van der Waals surface area contributed by atoms with Gasteiger partial charge in [0, 0.05) is 23.4 Å². The van der Waals surface area contributed by atoms with Gasteiger partial charge in [0.2, 0.25) is 6.54 Å². The van der Waals surface area contributed by atoms with E-state index in [0.717, 1.165) is 5.69 Å². The molecule has 2 aromatic heterocycles. The number of ether oxygens (including phenoxy) is 1. The van der Waals surface area contributed by atoms with Crippen molar-refractivity contribution in [3.63, 3.8) is 0 Å². The number of hydrogen-bond acceptors (Lipinski definition) is 7. The first-order chi connectivity index (χ1) is 21.8. The van der Waals surface area contributed by atoms with Crippen LogP contribution in [0.1, 0.15) is 29.3 Å². The van der Waals surface area contributed by atoms with E-state index in [0.29, 0.717) is 28.1 Å². The second kappa shape index (κ2) is 16.0. The van der Waals surface area contributed by atoms with E-state index in [4.69, 9.17) is 9.84 Å². The van der Waals surface area contributed by atoms with Gasteiger partial charge in [0.25, 0.3) is 11.8 Å². The molecule has 4 rings (SSSR count). The van der Waals surface area contributed by atoms with E-state index >= 15 is 0 Å². The molecule has 0 saturated carbocycles. The number of aromatic nitrogens is 3. The topological polar surface area (TPSA) is 143 Å². The molecule has 2 heterocycles. The zero-order chi connectivity index (χ0) is 32.2. The molecule has 3 N–H and O–H groups in total. The van der Waals surface area contributed by atoms with Crippen molar-refractivity contribution in [3.8, 4) is 16.9 Å². The first kappa shape index (κ1) is 32.7. The maximum absolute atomic E-state index is 13.6. The highest BCUT2D eigenvalue weighted by molar-refractivity contribution is 7.98. The average Bonchev–Trinajstić information content (AvgIpc) is 3.47. The molecule has 2 aromatic carbocycles. The second-order valence-electron chi connectivity index (χ2n) is 9.81. The monoisotopic (exact) mass is 628 g/mol. The Kier molecular flexibility index (Phi) is 11.6. The number of aliphatic carboxylic acids is 1. The Morgan fingerprint density at radius 1 is 1.04 bits per heavy atom. The number of rotatable bonds is 14. The van der Waals surface area contributed by atoms with E-state index in [1.54, 1.807) is 71.2 Å². The van der Waals surface area contributed by atoms with Crippen LogP contribution in [-0.2, 0) is 25.7 Å². The molecule has 0 saturated heterocycles. The molecule has 0 radical (unpaired) electrons. The third kappa shape index (κ3) is 9.13. The number of benzene rings is 2. The van der Waals surface area contributed by atoms with Crippen molar-refractivity contribution in [1.29, 1.82) is 0 Å². The first-order valence-corrected chi connectivity index (χ1v) is 15.6. The molecule has 0 aliphatic heterocycles. The van der Waals surface area contributed by atoms with Crippen molar-refractivity contribution in [2.24, 2.45) is 0 Å². The normalized spacial score (nSPS) is 11.8. The predicted molar refractivity (Wildman–Crippen MR) is 170 cm³/mol. The molecule has 11 nitrogen and oxygen atoms in total. The number of carbonyl (C=O) groups excluding carboxylic acids is 3. The summed E-state index contributed by atoms with van der Waals surface area (Å²) in [5.41, 5.74) is 2.44. The Balaban J connectivity index is 1.81. The summed E-state index contributed by atoms with van der Waals surface area (Å²) in [6, 6.07) is 20.1. The third-order valence-corrected chi connectivity index (χ3v) is 7.20. The number of esters is 1. The van der Waals surface area contributed by atoms with Gasteiger partial charge in [0.15, 0.2) is 12.4 Å². The minimum absolute atomic E-state index is 0.0142. The lowest BCUT2D eigenvalue weighted by molar-refractivity contribution is -0.685. The van der Waals surface area contributed by atoms with Crippen molar-refractivity contribution < 1.29 is 33.6 Å². The standard InChI is InChI=1S/C33H33N5O6S/c1-3-44-29(39)22-37-17-10-13-24(20-37)30-25(21-38(36-30)26-14-8-5-9-15-26)19-28(35-31(40)23-11-6-4-7-12-23)32(41)34-27(33(42)43)16-18-45-2/h4-15,17,19-21,27H,3,16,18,22H2,1-2H3,(H2-,34,35,40,41,42,43)/p+1. The quantitative estimate of drug-likeness (QED) is 0.109. The van der Waals surface area contributed by atoms with Crippen LogP contribution in [0.4, 0.5) is 0 Å². The van der Waals surface area contributed by atoms with E-state index in [9.17, 15) is 24.3 Å². The first-order valence-electron chi connectivity index (χ1n) is 14.2. The van der Waals surface area contributed by atoms with Crippen LogP contribution in [0, 0.1) is 0 Å². The van der Waals surface area contributed by atoms with Gasteiger partial charge in [-0.1, -0.05) is 36.4 Å². The molecule has 0 aliphatic rings. The Labute approximate surface area is 264 Å². The molecule has 0 aliphatic carbocycles. The van der Waals surface area contributed by atoms with Gasteiger partial charge in [-0.15, -0.1) is 0 Å². The zero-order valence-corrected chi connectivity index (χ0v) is 25.7. The lowest BCUT2D eigenvalue weighted by Crippen LogP contribution is -2.44. The van der Waals surface area contributed by atoms with Crippen molar-refractivity contribution in [2.45, 2.75) is 25.9 Å². The fourth-order valence-electron chi connectivity index (χ4n) is 4.37. The fourth-order valence-corrected chi connectivity index (χ4v) is 4.84. The number of para-hydroxylation sites is 1. The highest BCUT2D eigenvalue weighted by Crippen LogP contribution is 2.25. The van der Waals surface area contributed by atoms with Gasteiger partial charge < -0.3 is 20.5 Å². The molecule has 1 atom stereocenters. The maximum Gasteiger partial charge on any atom is 0.372 e. The van der Waals surface area contributed by atoms with Crippen LogP contribution in [-0.4, -0.2) is 63.3 Å². The Morgan fingerprint density at radius 2 is 1.76 bits per heavy atom. The number of nitrogens with one attached hydrogen (secondary N) is 2. The van der Waals surface area contributed by atoms with Crippen molar-refractivity contribution in [1.82, 2.24) is 20.4 Å². The summed E-state index contributed by atoms with van der Waals surface area (Å²) in [6.45, 7) is 1.98. The molecule has 0 bridgehead atoms. The number of carboxylic acids is 1. The number of carboxylic acid groups (broad SMARTS) is 1. The number of pyridine rings is 1. The number of hydrogen-bond donors (Lipinski definition) is 3. The van der Waals surface area contributed by atoms with Gasteiger partial charge in [0.05, 0.1) is 17.9 Å². The van der Waals surface area contributed by atoms with E-state index in [1.807, 2.05) is 42.7 Å². The van der Waals surface area contributed by atoms with Gasteiger partial charge in [-0.25, -0.2) is 14.3 Å². The van der Waals surface area contributed by atoms with E-state index < -0.39 is 29.8 Å². The summed E-state index contributed by atoms with van der Waals surface area (Å²) in [6.07, 6.45) is 8.68. The second-order valence-corrected chi connectivity index (χ2v) is 10.8. The molecule has 4 aromatic rings. The minimum atomic E-state index is -1.18. The highest BCUT2D eigenvalue weighted by Gasteiger charge is 2.24.